The Bertz CT molecular complexity index is 1070. The van der Waals surface area contributed by atoms with Gasteiger partial charge in [0, 0.05) is 5.69 Å². The van der Waals surface area contributed by atoms with Crippen molar-refractivity contribution in [2.24, 2.45) is 0 Å². The first-order chi connectivity index (χ1) is 15.1. The Labute approximate surface area is 180 Å². The molecule has 158 valence electrons. The Morgan fingerprint density at radius 1 is 0.774 bits per heavy atom. The molecular formula is C24H22N2O5. The number of rotatable bonds is 8. The summed E-state index contributed by atoms with van der Waals surface area (Å²) in [5.41, 5.74) is 1.52. The van der Waals surface area contributed by atoms with Crippen molar-refractivity contribution in [1.82, 2.24) is 0 Å². The molecule has 0 saturated carbocycles. The van der Waals surface area contributed by atoms with Crippen LogP contribution in [0.1, 0.15) is 27.6 Å². The standard InChI is InChI=1S/C24H22N2O5/c1-2-30-24(29)18-12-6-8-14-20(18)26-22(27)16-31-21-15-9-7-13-19(21)23(28)25-17-10-4-3-5-11-17/h3-15H,2,16H2,1H3,(H,25,28)(H,26,27). The van der Waals surface area contributed by atoms with Gasteiger partial charge in [-0.05, 0) is 43.3 Å². The Hall–Kier alpha value is -4.13. The summed E-state index contributed by atoms with van der Waals surface area (Å²) in [6.07, 6.45) is 0. The van der Waals surface area contributed by atoms with Gasteiger partial charge in [0.1, 0.15) is 5.75 Å². The minimum Gasteiger partial charge on any atom is -0.483 e. The second kappa shape index (κ2) is 10.6. The van der Waals surface area contributed by atoms with E-state index in [4.69, 9.17) is 9.47 Å². The Kier molecular flexibility index (Phi) is 7.37. The summed E-state index contributed by atoms with van der Waals surface area (Å²) in [6, 6.07) is 22.2. The lowest BCUT2D eigenvalue weighted by atomic mass is 10.1. The van der Waals surface area contributed by atoms with Crippen LogP contribution >= 0.6 is 0 Å². The maximum atomic E-state index is 12.6. The lowest BCUT2D eigenvalue weighted by Crippen LogP contribution is -2.23. The van der Waals surface area contributed by atoms with Crippen LogP contribution in [-0.2, 0) is 9.53 Å². The first-order valence-corrected chi connectivity index (χ1v) is 9.72. The van der Waals surface area contributed by atoms with Crippen molar-refractivity contribution in [2.75, 3.05) is 23.8 Å². The van der Waals surface area contributed by atoms with E-state index in [-0.39, 0.29) is 30.4 Å². The van der Waals surface area contributed by atoms with Crippen molar-refractivity contribution in [3.63, 3.8) is 0 Å². The highest BCUT2D eigenvalue weighted by Gasteiger charge is 2.16. The molecule has 0 spiro atoms. The number of hydrogen-bond acceptors (Lipinski definition) is 5. The number of benzene rings is 3. The topological polar surface area (TPSA) is 93.7 Å². The fraction of sp³-hybridized carbons (Fsp3) is 0.125. The van der Waals surface area contributed by atoms with Gasteiger partial charge in [0.15, 0.2) is 6.61 Å². The highest BCUT2D eigenvalue weighted by molar-refractivity contribution is 6.06. The predicted molar refractivity (Wildman–Crippen MR) is 117 cm³/mol. The van der Waals surface area contributed by atoms with Crippen LogP contribution in [0, 0.1) is 0 Å². The summed E-state index contributed by atoms with van der Waals surface area (Å²) in [6.45, 7) is 1.59. The van der Waals surface area contributed by atoms with Gasteiger partial charge in [0.2, 0.25) is 0 Å². The first kappa shape index (κ1) is 21.6. The Morgan fingerprint density at radius 3 is 2.16 bits per heavy atom. The molecule has 0 aliphatic heterocycles. The summed E-state index contributed by atoms with van der Waals surface area (Å²) in [5.74, 6) is -1.09. The number of nitrogens with one attached hydrogen (secondary N) is 2. The number of anilines is 2. The quantitative estimate of drug-likeness (QED) is 0.537. The smallest absolute Gasteiger partial charge is 0.340 e. The van der Waals surface area contributed by atoms with Crippen molar-refractivity contribution < 1.29 is 23.9 Å². The largest absolute Gasteiger partial charge is 0.483 e. The molecule has 0 aromatic heterocycles. The van der Waals surface area contributed by atoms with Crippen molar-refractivity contribution in [3.8, 4) is 5.75 Å². The van der Waals surface area contributed by atoms with E-state index in [1.165, 1.54) is 0 Å². The molecule has 0 heterocycles. The fourth-order valence-corrected chi connectivity index (χ4v) is 2.81. The highest BCUT2D eigenvalue weighted by Crippen LogP contribution is 2.20. The average molecular weight is 418 g/mol. The second-order valence-electron chi connectivity index (χ2n) is 6.42. The highest BCUT2D eigenvalue weighted by atomic mass is 16.5. The summed E-state index contributed by atoms with van der Waals surface area (Å²) < 4.78 is 10.6. The zero-order valence-electron chi connectivity index (χ0n) is 17.0. The SMILES string of the molecule is CCOC(=O)c1ccccc1NC(=O)COc1ccccc1C(=O)Nc1ccccc1. The van der Waals surface area contributed by atoms with Gasteiger partial charge in [0.05, 0.1) is 23.4 Å². The summed E-state index contributed by atoms with van der Waals surface area (Å²) in [7, 11) is 0. The average Bonchev–Trinajstić information content (AvgIpc) is 2.79. The van der Waals surface area contributed by atoms with Crippen LogP contribution in [0.25, 0.3) is 0 Å². The van der Waals surface area contributed by atoms with Crippen LogP contribution in [0.5, 0.6) is 5.75 Å². The van der Waals surface area contributed by atoms with Crippen LogP contribution in [0.15, 0.2) is 78.9 Å². The molecule has 3 rings (SSSR count). The normalized spacial score (nSPS) is 10.1. The molecule has 3 aromatic rings. The van der Waals surface area contributed by atoms with E-state index in [9.17, 15) is 14.4 Å². The summed E-state index contributed by atoms with van der Waals surface area (Å²) >= 11 is 0. The Morgan fingerprint density at radius 2 is 1.42 bits per heavy atom. The van der Waals surface area contributed by atoms with Crippen LogP contribution in [0.3, 0.4) is 0 Å². The number of carbonyl (C=O) groups is 3. The van der Waals surface area contributed by atoms with Gasteiger partial charge < -0.3 is 20.1 Å². The molecule has 3 aromatic carbocycles. The molecule has 0 aliphatic carbocycles. The van der Waals surface area contributed by atoms with Crippen molar-refractivity contribution in [3.05, 3.63) is 90.0 Å². The third kappa shape index (κ3) is 5.93. The summed E-state index contributed by atoms with van der Waals surface area (Å²) in [4.78, 5) is 37.1. The molecule has 7 nitrogen and oxygen atoms in total. The molecule has 7 heteroatoms. The van der Waals surface area contributed by atoms with Crippen molar-refractivity contribution >= 4 is 29.2 Å². The lowest BCUT2D eigenvalue weighted by Gasteiger charge is -2.13. The second-order valence-corrected chi connectivity index (χ2v) is 6.42. The van der Waals surface area contributed by atoms with Gasteiger partial charge in [-0.15, -0.1) is 0 Å². The number of carbonyl (C=O) groups excluding carboxylic acids is 3. The van der Waals surface area contributed by atoms with E-state index in [2.05, 4.69) is 10.6 Å². The van der Waals surface area contributed by atoms with Crippen LogP contribution < -0.4 is 15.4 Å². The van der Waals surface area contributed by atoms with Gasteiger partial charge >= 0.3 is 5.97 Å². The lowest BCUT2D eigenvalue weighted by molar-refractivity contribution is -0.118. The number of esters is 1. The minimum absolute atomic E-state index is 0.228. The number of ether oxygens (including phenoxy) is 2. The molecule has 0 bridgehead atoms. The third-order valence-corrected chi connectivity index (χ3v) is 4.22. The van der Waals surface area contributed by atoms with E-state index >= 15 is 0 Å². The molecule has 0 aliphatic rings. The zero-order chi connectivity index (χ0) is 22.1. The number of amides is 2. The van der Waals surface area contributed by atoms with Gasteiger partial charge in [-0.2, -0.15) is 0 Å². The van der Waals surface area contributed by atoms with Crippen LogP contribution in [0.4, 0.5) is 11.4 Å². The van der Waals surface area contributed by atoms with Gasteiger partial charge in [-0.1, -0.05) is 42.5 Å². The molecule has 0 atom stereocenters. The van der Waals surface area contributed by atoms with Gasteiger partial charge in [0.25, 0.3) is 11.8 Å². The van der Waals surface area contributed by atoms with E-state index in [1.54, 1.807) is 67.6 Å². The number of para-hydroxylation sites is 3. The molecule has 0 saturated heterocycles. The maximum absolute atomic E-state index is 12.6. The van der Waals surface area contributed by atoms with Gasteiger partial charge in [-0.3, -0.25) is 9.59 Å². The molecule has 0 radical (unpaired) electrons. The van der Waals surface area contributed by atoms with Crippen molar-refractivity contribution in [1.29, 1.82) is 0 Å². The Balaban J connectivity index is 1.65. The van der Waals surface area contributed by atoms with Gasteiger partial charge in [-0.25, -0.2) is 4.79 Å². The fourth-order valence-electron chi connectivity index (χ4n) is 2.81. The van der Waals surface area contributed by atoms with E-state index in [1.807, 2.05) is 18.2 Å². The van der Waals surface area contributed by atoms with E-state index < -0.39 is 11.9 Å². The van der Waals surface area contributed by atoms with Crippen LogP contribution in [0.2, 0.25) is 0 Å². The van der Waals surface area contributed by atoms with E-state index in [0.717, 1.165) is 0 Å². The number of hydrogen-bond donors (Lipinski definition) is 2. The molecular weight excluding hydrogens is 396 g/mol. The zero-order valence-corrected chi connectivity index (χ0v) is 17.0. The van der Waals surface area contributed by atoms with Crippen LogP contribution in [-0.4, -0.2) is 31.0 Å². The molecule has 0 unspecified atom stereocenters. The molecule has 0 fully saturated rings. The third-order valence-electron chi connectivity index (χ3n) is 4.22. The molecule has 31 heavy (non-hydrogen) atoms. The molecule has 2 amide bonds. The van der Waals surface area contributed by atoms with Crippen molar-refractivity contribution in [2.45, 2.75) is 6.92 Å². The summed E-state index contributed by atoms with van der Waals surface area (Å²) in [5, 5.41) is 5.43. The first-order valence-electron chi connectivity index (χ1n) is 9.72. The molecule has 2 N–H and O–H groups in total. The van der Waals surface area contributed by atoms with E-state index in [0.29, 0.717) is 16.9 Å². The maximum Gasteiger partial charge on any atom is 0.340 e. The minimum atomic E-state index is -0.526. The predicted octanol–water partition coefficient (Wildman–Crippen LogP) is 4.13. The monoisotopic (exact) mass is 418 g/mol.